The van der Waals surface area contributed by atoms with Gasteiger partial charge in [-0.1, -0.05) is 11.8 Å². The van der Waals surface area contributed by atoms with Crippen molar-refractivity contribution in [2.75, 3.05) is 12.9 Å². The molecule has 0 spiro atoms. The quantitative estimate of drug-likeness (QED) is 0.581. The van der Waals surface area contributed by atoms with Crippen LogP contribution in [-0.4, -0.2) is 29.0 Å². The lowest BCUT2D eigenvalue weighted by Gasteiger charge is -2.05. The second-order valence-corrected chi connectivity index (χ2v) is 4.03. The van der Waals surface area contributed by atoms with Crippen molar-refractivity contribution in [3.8, 4) is 6.07 Å². The average Bonchev–Trinajstić information content (AvgIpc) is 2.30. The van der Waals surface area contributed by atoms with Crippen LogP contribution in [0, 0.1) is 25.2 Å². The third-order valence-corrected chi connectivity index (χ3v) is 3.03. The molecule has 1 aromatic heterocycles. The van der Waals surface area contributed by atoms with Crippen molar-refractivity contribution < 1.29 is 9.53 Å². The Balaban J connectivity index is 2.93. The molecule has 0 fully saturated rings. The summed E-state index contributed by atoms with van der Waals surface area (Å²) < 4.78 is 4.51. The molecule has 0 aliphatic rings. The number of nitriles is 1. The Bertz CT molecular complexity index is 454. The van der Waals surface area contributed by atoms with Gasteiger partial charge < -0.3 is 4.74 Å². The minimum Gasteiger partial charge on any atom is -0.468 e. The minimum atomic E-state index is -0.353. The lowest BCUT2D eigenvalue weighted by molar-refractivity contribution is -0.137. The molecule has 16 heavy (non-hydrogen) atoms. The van der Waals surface area contributed by atoms with E-state index < -0.39 is 0 Å². The molecule has 0 aliphatic heterocycles. The molecule has 1 aromatic rings. The van der Waals surface area contributed by atoms with Crippen molar-refractivity contribution in [1.29, 1.82) is 5.26 Å². The molecule has 0 radical (unpaired) electrons. The zero-order valence-corrected chi connectivity index (χ0v) is 10.1. The zero-order valence-electron chi connectivity index (χ0n) is 9.27. The summed E-state index contributed by atoms with van der Waals surface area (Å²) in [6, 6.07) is 2.07. The third-order valence-electron chi connectivity index (χ3n) is 2.09. The van der Waals surface area contributed by atoms with E-state index in [1.807, 2.05) is 6.92 Å². The van der Waals surface area contributed by atoms with Gasteiger partial charge in [-0.15, -0.1) is 5.10 Å². The molecule has 6 heteroatoms. The molecule has 0 saturated heterocycles. The van der Waals surface area contributed by atoms with Crippen molar-refractivity contribution in [2.24, 2.45) is 0 Å². The molecule has 0 N–H and O–H groups in total. The maximum absolute atomic E-state index is 11.0. The van der Waals surface area contributed by atoms with Crippen molar-refractivity contribution >= 4 is 17.7 Å². The second-order valence-electron chi connectivity index (χ2n) is 3.07. The largest absolute Gasteiger partial charge is 0.468 e. The van der Waals surface area contributed by atoms with Crippen molar-refractivity contribution in [3.05, 3.63) is 16.8 Å². The minimum absolute atomic E-state index is 0.127. The topological polar surface area (TPSA) is 75.9 Å². The Kier molecular flexibility index (Phi) is 4.26. The van der Waals surface area contributed by atoms with Crippen LogP contribution in [0.4, 0.5) is 0 Å². The highest BCUT2D eigenvalue weighted by Gasteiger charge is 2.12. The Morgan fingerprint density at radius 2 is 2.19 bits per heavy atom. The number of hydrogen-bond donors (Lipinski definition) is 0. The smallest absolute Gasteiger partial charge is 0.316 e. The van der Waals surface area contributed by atoms with E-state index in [1.165, 1.54) is 7.11 Å². The van der Waals surface area contributed by atoms with E-state index in [0.29, 0.717) is 10.6 Å². The number of thioether (sulfide) groups is 1. The second kappa shape index (κ2) is 5.47. The van der Waals surface area contributed by atoms with Crippen molar-refractivity contribution in [3.63, 3.8) is 0 Å². The normalized spacial score (nSPS) is 9.62. The Morgan fingerprint density at radius 1 is 1.50 bits per heavy atom. The van der Waals surface area contributed by atoms with E-state index >= 15 is 0 Å². The number of esters is 1. The maximum atomic E-state index is 11.0. The number of carbonyl (C=O) groups excluding carboxylic acids is 1. The SMILES string of the molecule is COC(=O)CSc1nnc(C)c(C)c1C#N. The van der Waals surface area contributed by atoms with Crippen LogP contribution in [0.5, 0.6) is 0 Å². The van der Waals surface area contributed by atoms with E-state index in [1.54, 1.807) is 6.92 Å². The van der Waals surface area contributed by atoms with E-state index in [2.05, 4.69) is 21.0 Å². The number of aromatic nitrogens is 2. The molecule has 0 aliphatic carbocycles. The van der Waals surface area contributed by atoms with Crippen LogP contribution in [-0.2, 0) is 9.53 Å². The predicted octanol–water partition coefficient (Wildman–Crippen LogP) is 1.23. The monoisotopic (exact) mass is 237 g/mol. The standard InChI is InChI=1S/C10H11N3O2S/c1-6-7(2)12-13-10(8(6)4-11)16-5-9(14)15-3/h5H2,1-3H3. The van der Waals surface area contributed by atoms with Gasteiger partial charge >= 0.3 is 5.97 Å². The van der Waals surface area contributed by atoms with Gasteiger partial charge in [-0.3, -0.25) is 4.79 Å². The summed E-state index contributed by atoms with van der Waals surface area (Å²) >= 11 is 1.16. The molecule has 1 heterocycles. The molecule has 0 aromatic carbocycles. The fourth-order valence-electron chi connectivity index (χ4n) is 1.01. The van der Waals surface area contributed by atoms with Gasteiger partial charge in [-0.2, -0.15) is 10.4 Å². The molecule has 0 atom stereocenters. The van der Waals surface area contributed by atoms with Crippen LogP contribution < -0.4 is 0 Å². The first kappa shape index (κ1) is 12.5. The van der Waals surface area contributed by atoms with Gasteiger partial charge in [-0.25, -0.2) is 0 Å². The van der Waals surface area contributed by atoms with Crippen LogP contribution in [0.25, 0.3) is 0 Å². The fraction of sp³-hybridized carbons (Fsp3) is 0.400. The number of carbonyl (C=O) groups is 1. The Morgan fingerprint density at radius 3 is 2.75 bits per heavy atom. The summed E-state index contributed by atoms with van der Waals surface area (Å²) in [7, 11) is 1.32. The number of nitrogens with zero attached hydrogens (tertiary/aromatic N) is 3. The Labute approximate surface area is 97.8 Å². The Hall–Kier alpha value is -1.61. The molecular formula is C10H11N3O2S. The van der Waals surface area contributed by atoms with Crippen molar-refractivity contribution in [1.82, 2.24) is 10.2 Å². The maximum Gasteiger partial charge on any atom is 0.316 e. The molecule has 5 nitrogen and oxygen atoms in total. The number of hydrogen-bond acceptors (Lipinski definition) is 6. The summed E-state index contributed by atoms with van der Waals surface area (Å²) in [5, 5.41) is 17.3. The van der Waals surface area contributed by atoms with E-state index in [0.717, 1.165) is 23.0 Å². The van der Waals surface area contributed by atoms with Crippen LogP contribution in [0.15, 0.2) is 5.03 Å². The first-order chi connectivity index (χ1) is 7.60. The van der Waals surface area contributed by atoms with Crippen LogP contribution in [0.1, 0.15) is 16.8 Å². The summed E-state index contributed by atoms with van der Waals surface area (Å²) in [4.78, 5) is 11.0. The number of rotatable bonds is 3. The molecule has 0 amide bonds. The highest BCUT2D eigenvalue weighted by molar-refractivity contribution is 7.99. The first-order valence-corrected chi connectivity index (χ1v) is 5.52. The van der Waals surface area contributed by atoms with Crippen LogP contribution in [0.3, 0.4) is 0 Å². The van der Waals surface area contributed by atoms with Gasteiger partial charge in [0.05, 0.1) is 24.1 Å². The number of ether oxygens (including phenoxy) is 1. The average molecular weight is 237 g/mol. The highest BCUT2D eigenvalue weighted by Crippen LogP contribution is 2.22. The molecule has 0 unspecified atom stereocenters. The first-order valence-electron chi connectivity index (χ1n) is 4.53. The van der Waals surface area contributed by atoms with E-state index in [-0.39, 0.29) is 11.7 Å². The van der Waals surface area contributed by atoms with Gasteiger partial charge in [0.1, 0.15) is 11.1 Å². The lowest BCUT2D eigenvalue weighted by atomic mass is 10.1. The number of methoxy groups -OCH3 is 1. The van der Waals surface area contributed by atoms with Gasteiger partial charge in [-0.05, 0) is 19.4 Å². The highest BCUT2D eigenvalue weighted by atomic mass is 32.2. The molecule has 1 rings (SSSR count). The van der Waals surface area contributed by atoms with Gasteiger partial charge in [0.15, 0.2) is 0 Å². The third kappa shape index (κ3) is 2.70. The lowest BCUT2D eigenvalue weighted by Crippen LogP contribution is -2.05. The summed E-state index contributed by atoms with van der Waals surface area (Å²) in [5.41, 5.74) is 1.99. The zero-order chi connectivity index (χ0) is 12.1. The molecular weight excluding hydrogens is 226 g/mol. The van der Waals surface area contributed by atoms with Gasteiger partial charge in [0.2, 0.25) is 0 Å². The van der Waals surface area contributed by atoms with Crippen LogP contribution in [0.2, 0.25) is 0 Å². The van der Waals surface area contributed by atoms with E-state index in [4.69, 9.17) is 5.26 Å². The molecule has 0 saturated carbocycles. The molecule has 84 valence electrons. The summed E-state index contributed by atoms with van der Waals surface area (Å²) in [6.07, 6.45) is 0. The van der Waals surface area contributed by atoms with E-state index in [9.17, 15) is 4.79 Å². The number of aryl methyl sites for hydroxylation is 1. The van der Waals surface area contributed by atoms with Gasteiger partial charge in [0, 0.05) is 0 Å². The fourth-order valence-corrected chi connectivity index (χ4v) is 1.82. The van der Waals surface area contributed by atoms with Crippen molar-refractivity contribution in [2.45, 2.75) is 18.9 Å². The summed E-state index contributed by atoms with van der Waals surface area (Å²) in [5.74, 6) is -0.226. The molecule has 0 bridgehead atoms. The predicted molar refractivity (Wildman–Crippen MR) is 59.0 cm³/mol. The van der Waals surface area contributed by atoms with Crippen LogP contribution >= 0.6 is 11.8 Å². The summed E-state index contributed by atoms with van der Waals surface area (Å²) in [6.45, 7) is 3.60. The van der Waals surface area contributed by atoms with Gasteiger partial charge in [0.25, 0.3) is 0 Å².